The smallest absolute Gasteiger partial charge is 0.252 e. The van der Waals surface area contributed by atoms with Gasteiger partial charge in [0.2, 0.25) is 0 Å². The normalized spacial score (nSPS) is 9.86. The van der Waals surface area contributed by atoms with Crippen LogP contribution >= 0.6 is 24.8 Å². The van der Waals surface area contributed by atoms with Crippen molar-refractivity contribution in [3.05, 3.63) is 30.6 Å². The highest BCUT2D eigenvalue weighted by atomic mass is 35.5. The molecular weight excluding hydrogens is 317 g/mol. The third-order valence-corrected chi connectivity index (χ3v) is 3.66. The van der Waals surface area contributed by atoms with Crippen molar-refractivity contribution >= 4 is 24.8 Å². The van der Waals surface area contributed by atoms with E-state index in [9.17, 15) is 0 Å². The van der Waals surface area contributed by atoms with Crippen LogP contribution < -0.4 is 4.57 Å². The number of hydrogen-bond donors (Lipinski definition) is 0. The molecule has 1 heterocycles. The van der Waals surface area contributed by atoms with Crippen molar-refractivity contribution in [2.45, 2.75) is 77.9 Å². The van der Waals surface area contributed by atoms with Gasteiger partial charge in [0.05, 0.1) is 6.61 Å². The molecule has 1 aromatic heterocycles. The lowest BCUT2D eigenvalue weighted by molar-refractivity contribution is -0.732. The number of aromatic nitrogens is 1. The van der Waals surface area contributed by atoms with Crippen LogP contribution in [0.2, 0.25) is 0 Å². The van der Waals surface area contributed by atoms with Gasteiger partial charge in [-0.25, -0.2) is 0 Å². The Kier molecular flexibility index (Phi) is 20.4. The Hall–Kier alpha value is -0.310. The summed E-state index contributed by atoms with van der Waals surface area (Å²) in [5.41, 5.74) is 0. The summed E-state index contributed by atoms with van der Waals surface area (Å²) in [6.07, 6.45) is 17.8. The summed E-state index contributed by atoms with van der Waals surface area (Å²) >= 11 is 0. The van der Waals surface area contributed by atoms with Gasteiger partial charge < -0.3 is 4.74 Å². The zero-order valence-corrected chi connectivity index (χ0v) is 15.7. The van der Waals surface area contributed by atoms with Crippen LogP contribution in [0, 0.1) is 0 Å². The molecule has 0 aliphatic carbocycles. The molecule has 0 spiro atoms. The van der Waals surface area contributed by atoms with Crippen molar-refractivity contribution < 1.29 is 9.30 Å². The minimum absolute atomic E-state index is 0. The summed E-state index contributed by atoms with van der Waals surface area (Å²) in [6.45, 7) is 3.84. The van der Waals surface area contributed by atoms with Crippen LogP contribution in [-0.2, 0) is 11.5 Å². The molecular formula is C18H34Cl2NO+. The predicted octanol–water partition coefficient (Wildman–Crippen LogP) is 5.71. The minimum Gasteiger partial charge on any atom is -0.323 e. The summed E-state index contributed by atoms with van der Waals surface area (Å²) < 4.78 is 7.72. The lowest BCUT2D eigenvalue weighted by Crippen LogP contribution is -2.33. The number of pyridine rings is 1. The van der Waals surface area contributed by atoms with Gasteiger partial charge in [-0.3, -0.25) is 0 Å². The van der Waals surface area contributed by atoms with Gasteiger partial charge in [-0.2, -0.15) is 4.57 Å². The molecule has 0 N–H and O–H groups in total. The molecule has 0 saturated heterocycles. The standard InChI is InChI=1S/C18H32NO.2ClH/c1-2-3-4-5-6-7-8-9-10-14-17-20-18-19-15-12-11-13-16-19;;/h11-13,15-16H,2-10,14,17-18H2,1H3;2*1H/q+1;;. The van der Waals surface area contributed by atoms with E-state index in [0.29, 0.717) is 6.73 Å². The second kappa shape index (κ2) is 18.7. The third-order valence-electron chi connectivity index (χ3n) is 3.66. The Morgan fingerprint density at radius 3 is 1.73 bits per heavy atom. The van der Waals surface area contributed by atoms with Crippen molar-refractivity contribution in [1.82, 2.24) is 0 Å². The van der Waals surface area contributed by atoms with Gasteiger partial charge in [0.25, 0.3) is 6.73 Å². The van der Waals surface area contributed by atoms with Crippen molar-refractivity contribution in [3.63, 3.8) is 0 Å². The molecule has 130 valence electrons. The van der Waals surface area contributed by atoms with E-state index in [1.54, 1.807) is 0 Å². The Balaban J connectivity index is 0. The van der Waals surface area contributed by atoms with Crippen LogP contribution in [0.15, 0.2) is 30.6 Å². The molecule has 1 rings (SSSR count). The SMILES string of the molecule is CCCCCCCCCCCCOC[n+]1ccccc1.Cl.Cl. The summed E-state index contributed by atoms with van der Waals surface area (Å²) in [5.74, 6) is 0. The van der Waals surface area contributed by atoms with Gasteiger partial charge in [0, 0.05) is 12.1 Å². The van der Waals surface area contributed by atoms with Crippen LogP contribution in [0.3, 0.4) is 0 Å². The van der Waals surface area contributed by atoms with Gasteiger partial charge >= 0.3 is 0 Å². The first-order chi connectivity index (χ1) is 9.93. The molecule has 1 aromatic rings. The van der Waals surface area contributed by atoms with Crippen molar-refractivity contribution in [3.8, 4) is 0 Å². The molecule has 0 aliphatic rings. The summed E-state index contributed by atoms with van der Waals surface area (Å²) in [4.78, 5) is 0. The minimum atomic E-state index is 0. The first-order valence-electron chi connectivity index (χ1n) is 8.45. The Labute approximate surface area is 149 Å². The van der Waals surface area contributed by atoms with E-state index in [-0.39, 0.29) is 24.8 Å². The molecule has 0 amide bonds. The predicted molar refractivity (Wildman–Crippen MR) is 98.9 cm³/mol. The highest BCUT2D eigenvalue weighted by Gasteiger charge is 1.97. The molecule has 0 aromatic carbocycles. The van der Waals surface area contributed by atoms with Gasteiger partial charge in [-0.05, 0) is 6.42 Å². The Bertz CT molecular complexity index is 309. The van der Waals surface area contributed by atoms with E-state index in [0.717, 1.165) is 6.61 Å². The average molecular weight is 351 g/mol. The molecule has 0 bridgehead atoms. The highest BCUT2D eigenvalue weighted by molar-refractivity contribution is 5.85. The maximum Gasteiger partial charge on any atom is 0.252 e. The summed E-state index contributed by atoms with van der Waals surface area (Å²) in [5, 5.41) is 0. The van der Waals surface area contributed by atoms with Crippen LogP contribution in [0.5, 0.6) is 0 Å². The maximum atomic E-state index is 5.65. The van der Waals surface area contributed by atoms with Crippen molar-refractivity contribution in [2.75, 3.05) is 6.61 Å². The summed E-state index contributed by atoms with van der Waals surface area (Å²) in [6, 6.07) is 6.09. The van der Waals surface area contributed by atoms with E-state index in [1.807, 2.05) is 30.6 Å². The second-order valence-corrected chi connectivity index (χ2v) is 5.61. The van der Waals surface area contributed by atoms with Gasteiger partial charge in [0.15, 0.2) is 12.4 Å². The van der Waals surface area contributed by atoms with Crippen LogP contribution in [-0.4, -0.2) is 6.61 Å². The van der Waals surface area contributed by atoms with E-state index in [1.165, 1.54) is 64.2 Å². The quantitative estimate of drug-likeness (QED) is 0.328. The molecule has 0 aliphatic heterocycles. The van der Waals surface area contributed by atoms with Crippen molar-refractivity contribution in [2.24, 2.45) is 0 Å². The first-order valence-corrected chi connectivity index (χ1v) is 8.45. The van der Waals surface area contributed by atoms with Gasteiger partial charge in [0.1, 0.15) is 0 Å². The van der Waals surface area contributed by atoms with Gasteiger partial charge in [-0.15, -0.1) is 24.8 Å². The monoisotopic (exact) mass is 350 g/mol. The number of hydrogen-bond acceptors (Lipinski definition) is 1. The van der Waals surface area contributed by atoms with E-state index in [4.69, 9.17) is 4.74 Å². The lowest BCUT2D eigenvalue weighted by Gasteiger charge is -2.02. The van der Waals surface area contributed by atoms with Crippen LogP contribution in [0.25, 0.3) is 0 Å². The van der Waals surface area contributed by atoms with Gasteiger partial charge in [-0.1, -0.05) is 70.8 Å². The lowest BCUT2D eigenvalue weighted by atomic mass is 10.1. The van der Waals surface area contributed by atoms with E-state index in [2.05, 4.69) is 11.5 Å². The van der Waals surface area contributed by atoms with Crippen LogP contribution in [0.1, 0.15) is 71.1 Å². The van der Waals surface area contributed by atoms with E-state index < -0.39 is 0 Å². The number of halogens is 2. The van der Waals surface area contributed by atoms with E-state index >= 15 is 0 Å². The average Bonchev–Trinajstić information content (AvgIpc) is 2.49. The Morgan fingerprint density at radius 1 is 0.682 bits per heavy atom. The number of ether oxygens (including phenoxy) is 1. The third kappa shape index (κ3) is 14.6. The molecule has 4 heteroatoms. The largest absolute Gasteiger partial charge is 0.323 e. The second-order valence-electron chi connectivity index (χ2n) is 5.61. The summed E-state index contributed by atoms with van der Waals surface area (Å²) in [7, 11) is 0. The first kappa shape index (κ1) is 23.9. The molecule has 22 heavy (non-hydrogen) atoms. The fraction of sp³-hybridized carbons (Fsp3) is 0.722. The molecule has 0 radical (unpaired) electrons. The topological polar surface area (TPSA) is 13.1 Å². The Morgan fingerprint density at radius 2 is 1.18 bits per heavy atom. The fourth-order valence-corrected chi connectivity index (χ4v) is 2.38. The molecule has 0 fully saturated rings. The molecule has 2 nitrogen and oxygen atoms in total. The maximum absolute atomic E-state index is 5.65. The molecule has 0 saturated carbocycles. The molecule has 0 atom stereocenters. The zero-order valence-electron chi connectivity index (χ0n) is 14.0. The number of rotatable bonds is 13. The van der Waals surface area contributed by atoms with Crippen molar-refractivity contribution in [1.29, 1.82) is 0 Å². The zero-order chi connectivity index (χ0) is 14.3. The number of nitrogens with zero attached hydrogens (tertiary/aromatic N) is 1. The fourth-order valence-electron chi connectivity index (χ4n) is 2.38. The van der Waals surface area contributed by atoms with Crippen LogP contribution in [0.4, 0.5) is 0 Å². The number of unbranched alkanes of at least 4 members (excludes halogenated alkanes) is 9. The molecule has 0 unspecified atom stereocenters. The highest BCUT2D eigenvalue weighted by Crippen LogP contribution is 2.10.